The van der Waals surface area contributed by atoms with E-state index in [0.29, 0.717) is 61.3 Å². The molecule has 4 rings (SSSR count). The molecule has 192 valence electrons. The van der Waals surface area contributed by atoms with E-state index in [1.54, 1.807) is 18.2 Å². The van der Waals surface area contributed by atoms with Crippen LogP contribution in [0.4, 0.5) is 0 Å². The Balaban J connectivity index is 1.74. The molecule has 1 amide bonds. The highest BCUT2D eigenvalue weighted by Crippen LogP contribution is 2.41. The number of hydrogen-bond acceptors (Lipinski definition) is 7. The van der Waals surface area contributed by atoms with Crippen LogP contribution in [0.5, 0.6) is 17.2 Å². The van der Waals surface area contributed by atoms with Crippen LogP contribution < -0.4 is 14.2 Å². The quantitative estimate of drug-likeness (QED) is 0.231. The Morgan fingerprint density at radius 3 is 2.61 bits per heavy atom. The van der Waals surface area contributed by atoms with Crippen molar-refractivity contribution in [2.24, 2.45) is 0 Å². The van der Waals surface area contributed by atoms with Crippen LogP contribution in [-0.2, 0) is 9.59 Å². The molecule has 1 N–H and O–H groups in total. The molecule has 0 aromatic heterocycles. The third-order valence-electron chi connectivity index (χ3n) is 6.33. The van der Waals surface area contributed by atoms with Crippen LogP contribution in [0.15, 0.2) is 48.0 Å². The standard InChI is InChI=1S/C28H34N2O6/c1-4-5-6-14-34-21-9-7-8-19(17-21)25-24(27(32)28(33)30(25)13-12-29(2)3)26(31)20-10-11-22-23(18-20)36-16-15-35-22/h7-11,17-18,25,31H,4-6,12-16H2,1-3H3/b26-24-. The highest BCUT2D eigenvalue weighted by molar-refractivity contribution is 6.46. The molecule has 2 aliphatic rings. The van der Waals surface area contributed by atoms with E-state index in [1.165, 1.54) is 4.90 Å². The maximum atomic E-state index is 13.3. The fourth-order valence-electron chi connectivity index (χ4n) is 4.43. The summed E-state index contributed by atoms with van der Waals surface area (Å²) in [4.78, 5) is 29.9. The van der Waals surface area contributed by atoms with Gasteiger partial charge in [0, 0.05) is 18.7 Å². The maximum absolute atomic E-state index is 13.3. The molecule has 0 bridgehead atoms. The van der Waals surface area contributed by atoms with Gasteiger partial charge in [0.15, 0.2) is 11.5 Å². The lowest BCUT2D eigenvalue weighted by molar-refractivity contribution is -0.140. The first-order chi connectivity index (χ1) is 17.4. The van der Waals surface area contributed by atoms with Crippen LogP contribution in [-0.4, -0.2) is 73.6 Å². The Morgan fingerprint density at radius 2 is 1.86 bits per heavy atom. The van der Waals surface area contributed by atoms with E-state index in [0.717, 1.165) is 19.3 Å². The Bertz CT molecular complexity index is 1140. The summed E-state index contributed by atoms with van der Waals surface area (Å²) in [5.41, 5.74) is 1.15. The van der Waals surface area contributed by atoms with Gasteiger partial charge in [0.1, 0.15) is 24.7 Å². The van der Waals surface area contributed by atoms with Gasteiger partial charge in [0.25, 0.3) is 11.7 Å². The number of hydrogen-bond donors (Lipinski definition) is 1. The van der Waals surface area contributed by atoms with Crippen LogP contribution in [0.2, 0.25) is 0 Å². The first-order valence-corrected chi connectivity index (χ1v) is 12.5. The summed E-state index contributed by atoms with van der Waals surface area (Å²) in [6.45, 7) is 4.49. The number of Topliss-reactive ketones (excluding diaryl/α,β-unsaturated/α-hetero) is 1. The van der Waals surface area contributed by atoms with Crippen molar-refractivity contribution in [1.29, 1.82) is 0 Å². The summed E-state index contributed by atoms with van der Waals surface area (Å²) >= 11 is 0. The van der Waals surface area contributed by atoms with Gasteiger partial charge in [-0.25, -0.2) is 0 Å². The fraction of sp³-hybridized carbons (Fsp3) is 0.429. The molecule has 8 heteroatoms. The summed E-state index contributed by atoms with van der Waals surface area (Å²) in [5.74, 6) is 0.161. The van der Waals surface area contributed by atoms with E-state index in [1.807, 2.05) is 43.3 Å². The number of ether oxygens (including phenoxy) is 3. The molecule has 0 aliphatic carbocycles. The van der Waals surface area contributed by atoms with E-state index in [9.17, 15) is 14.7 Å². The minimum atomic E-state index is -0.739. The predicted octanol–water partition coefficient (Wildman–Crippen LogP) is 4.01. The summed E-state index contributed by atoms with van der Waals surface area (Å²) in [5, 5.41) is 11.3. The lowest BCUT2D eigenvalue weighted by Crippen LogP contribution is -2.35. The van der Waals surface area contributed by atoms with Crippen LogP contribution in [0.25, 0.3) is 5.76 Å². The first kappa shape index (κ1) is 25.6. The van der Waals surface area contributed by atoms with E-state index < -0.39 is 17.7 Å². The van der Waals surface area contributed by atoms with Gasteiger partial charge >= 0.3 is 0 Å². The van der Waals surface area contributed by atoms with Crippen molar-refractivity contribution in [3.05, 3.63) is 59.2 Å². The zero-order valence-corrected chi connectivity index (χ0v) is 21.2. The van der Waals surface area contributed by atoms with E-state index in [-0.39, 0.29) is 11.3 Å². The third-order valence-corrected chi connectivity index (χ3v) is 6.33. The van der Waals surface area contributed by atoms with E-state index >= 15 is 0 Å². The monoisotopic (exact) mass is 494 g/mol. The zero-order valence-electron chi connectivity index (χ0n) is 21.2. The first-order valence-electron chi connectivity index (χ1n) is 12.5. The predicted molar refractivity (Wildman–Crippen MR) is 136 cm³/mol. The molecule has 8 nitrogen and oxygen atoms in total. The molecule has 1 atom stereocenters. The number of benzene rings is 2. The molecule has 1 unspecified atom stereocenters. The number of amides is 1. The molecule has 0 spiro atoms. The van der Waals surface area contributed by atoms with Gasteiger partial charge in [0.05, 0.1) is 18.2 Å². The number of ketones is 1. The average molecular weight is 495 g/mol. The summed E-state index contributed by atoms with van der Waals surface area (Å²) in [6.07, 6.45) is 3.13. The average Bonchev–Trinajstić information content (AvgIpc) is 3.14. The van der Waals surface area contributed by atoms with E-state index in [2.05, 4.69) is 6.92 Å². The van der Waals surface area contributed by atoms with Gasteiger partial charge in [-0.1, -0.05) is 31.9 Å². The van der Waals surface area contributed by atoms with Crippen molar-refractivity contribution in [2.45, 2.75) is 32.2 Å². The third kappa shape index (κ3) is 5.49. The van der Waals surface area contributed by atoms with Gasteiger partial charge in [0.2, 0.25) is 0 Å². The van der Waals surface area contributed by atoms with Gasteiger partial charge < -0.3 is 29.1 Å². The van der Waals surface area contributed by atoms with Crippen molar-refractivity contribution in [3.63, 3.8) is 0 Å². The van der Waals surface area contributed by atoms with Gasteiger partial charge in [-0.15, -0.1) is 0 Å². The molecule has 2 aliphatic heterocycles. The lowest BCUT2D eigenvalue weighted by atomic mass is 9.95. The molecular weight excluding hydrogens is 460 g/mol. The van der Waals surface area contributed by atoms with Crippen molar-refractivity contribution in [3.8, 4) is 17.2 Å². The number of fused-ring (bicyclic) bond motifs is 1. The van der Waals surface area contributed by atoms with Crippen LogP contribution in [0.3, 0.4) is 0 Å². The van der Waals surface area contributed by atoms with Gasteiger partial charge in [-0.2, -0.15) is 0 Å². The molecule has 2 aromatic rings. The molecule has 0 saturated carbocycles. The highest BCUT2D eigenvalue weighted by atomic mass is 16.6. The van der Waals surface area contributed by atoms with Crippen molar-refractivity contribution >= 4 is 17.4 Å². The molecule has 2 aromatic carbocycles. The number of carbonyl (C=O) groups is 2. The minimum Gasteiger partial charge on any atom is -0.507 e. The molecule has 1 fully saturated rings. The number of likely N-dealkylation sites (N-methyl/N-ethyl adjacent to an activating group) is 1. The number of carbonyl (C=O) groups excluding carboxylic acids is 2. The summed E-state index contributed by atoms with van der Waals surface area (Å²) in [6, 6.07) is 11.7. The Morgan fingerprint density at radius 1 is 1.08 bits per heavy atom. The summed E-state index contributed by atoms with van der Waals surface area (Å²) < 4.78 is 17.2. The Labute approximate surface area is 212 Å². The Hall–Kier alpha value is -3.52. The van der Waals surface area contributed by atoms with Crippen LogP contribution in [0.1, 0.15) is 43.4 Å². The molecule has 1 saturated heterocycles. The molecule has 0 radical (unpaired) electrons. The van der Waals surface area contributed by atoms with Gasteiger partial charge in [-0.05, 0) is 56.4 Å². The SMILES string of the molecule is CCCCCOc1cccc(C2/C(=C(/O)c3ccc4c(c3)OCCO4)C(=O)C(=O)N2CCN(C)C)c1. The number of aliphatic hydroxyl groups is 1. The lowest BCUT2D eigenvalue weighted by Gasteiger charge is -2.27. The smallest absolute Gasteiger partial charge is 0.295 e. The summed E-state index contributed by atoms with van der Waals surface area (Å²) in [7, 11) is 3.82. The number of rotatable bonds is 10. The number of aliphatic hydroxyl groups excluding tert-OH is 1. The maximum Gasteiger partial charge on any atom is 0.295 e. The van der Waals surface area contributed by atoms with E-state index in [4.69, 9.17) is 14.2 Å². The van der Waals surface area contributed by atoms with Crippen LogP contribution >= 0.6 is 0 Å². The highest BCUT2D eigenvalue weighted by Gasteiger charge is 2.46. The second-order valence-corrected chi connectivity index (χ2v) is 9.28. The van der Waals surface area contributed by atoms with Gasteiger partial charge in [-0.3, -0.25) is 9.59 Å². The topological polar surface area (TPSA) is 88.5 Å². The number of likely N-dealkylation sites (tertiary alicyclic amines) is 1. The van der Waals surface area contributed by atoms with Crippen LogP contribution in [0, 0.1) is 0 Å². The number of unbranched alkanes of at least 4 members (excludes halogenated alkanes) is 2. The number of nitrogens with zero attached hydrogens (tertiary/aromatic N) is 2. The largest absolute Gasteiger partial charge is 0.507 e. The molecular formula is C28H34N2O6. The fourth-order valence-corrected chi connectivity index (χ4v) is 4.43. The zero-order chi connectivity index (χ0) is 25.7. The molecule has 36 heavy (non-hydrogen) atoms. The minimum absolute atomic E-state index is 0.0542. The molecule has 2 heterocycles. The van der Waals surface area contributed by atoms with Crippen molar-refractivity contribution in [1.82, 2.24) is 9.80 Å². The van der Waals surface area contributed by atoms with Crippen molar-refractivity contribution in [2.75, 3.05) is 47.0 Å². The van der Waals surface area contributed by atoms with Crippen molar-refractivity contribution < 1.29 is 28.9 Å². The second-order valence-electron chi connectivity index (χ2n) is 9.28. The normalized spacial score (nSPS) is 18.7. The second kappa shape index (κ2) is 11.5. The Kier molecular flexibility index (Phi) is 8.15.